The molecular weight excluding hydrogens is 232 g/mol. The van der Waals surface area contributed by atoms with E-state index in [0.29, 0.717) is 24.1 Å². The van der Waals surface area contributed by atoms with Crippen molar-refractivity contribution in [2.24, 2.45) is 5.84 Å². The summed E-state index contributed by atoms with van der Waals surface area (Å²) < 4.78 is 5.48. The minimum atomic E-state index is 0.469. The van der Waals surface area contributed by atoms with Crippen LogP contribution in [-0.4, -0.2) is 15.0 Å². The zero-order chi connectivity index (χ0) is 13.1. The number of hydrogen-bond acceptors (Lipinski definition) is 7. The van der Waals surface area contributed by atoms with Crippen molar-refractivity contribution in [1.82, 2.24) is 15.0 Å². The third-order valence-electron chi connectivity index (χ3n) is 2.70. The summed E-state index contributed by atoms with van der Waals surface area (Å²) in [6.07, 6.45) is 1.44. The highest BCUT2D eigenvalue weighted by Crippen LogP contribution is 2.18. The second-order valence-electron chi connectivity index (χ2n) is 3.94. The van der Waals surface area contributed by atoms with Gasteiger partial charge >= 0.3 is 0 Å². The summed E-state index contributed by atoms with van der Waals surface area (Å²) in [6.45, 7) is 6.15. The van der Waals surface area contributed by atoms with Crippen molar-refractivity contribution in [3.05, 3.63) is 29.2 Å². The molecule has 0 spiro atoms. The molecule has 0 saturated heterocycles. The van der Waals surface area contributed by atoms with E-state index in [1.54, 1.807) is 0 Å². The van der Waals surface area contributed by atoms with Gasteiger partial charge in [0, 0.05) is 5.56 Å². The van der Waals surface area contributed by atoms with Gasteiger partial charge in [0.15, 0.2) is 0 Å². The van der Waals surface area contributed by atoms with E-state index in [9.17, 15) is 0 Å². The van der Waals surface area contributed by atoms with Crippen LogP contribution in [0.1, 0.15) is 22.9 Å². The van der Waals surface area contributed by atoms with Crippen molar-refractivity contribution >= 4 is 11.6 Å². The number of oxazole rings is 1. The van der Waals surface area contributed by atoms with E-state index in [0.717, 1.165) is 17.0 Å². The molecule has 7 heteroatoms. The highest BCUT2D eigenvalue weighted by molar-refractivity contribution is 5.55. The summed E-state index contributed by atoms with van der Waals surface area (Å²) in [5, 5.41) is 3.14. The van der Waals surface area contributed by atoms with Gasteiger partial charge < -0.3 is 15.2 Å². The minimum absolute atomic E-state index is 0.469. The van der Waals surface area contributed by atoms with Crippen LogP contribution in [0.15, 0.2) is 10.7 Å². The van der Waals surface area contributed by atoms with Gasteiger partial charge in [-0.15, -0.1) is 0 Å². The fraction of sp³-hybridized carbons (Fsp3) is 0.364. The lowest BCUT2D eigenvalue weighted by atomic mass is 10.3. The van der Waals surface area contributed by atoms with E-state index in [1.165, 1.54) is 6.33 Å². The Bertz CT molecular complexity index is 531. The number of hydrogen-bond donors (Lipinski definition) is 3. The zero-order valence-corrected chi connectivity index (χ0v) is 10.6. The molecule has 0 aliphatic rings. The van der Waals surface area contributed by atoms with Crippen molar-refractivity contribution in [2.75, 3.05) is 10.7 Å². The van der Waals surface area contributed by atoms with E-state index < -0.39 is 0 Å². The predicted octanol–water partition coefficient (Wildman–Crippen LogP) is 1.29. The number of anilines is 2. The molecule has 7 nitrogen and oxygen atoms in total. The van der Waals surface area contributed by atoms with E-state index in [1.807, 2.05) is 20.8 Å². The molecule has 0 amide bonds. The quantitative estimate of drug-likeness (QED) is 0.553. The summed E-state index contributed by atoms with van der Waals surface area (Å²) in [5.41, 5.74) is 4.26. The number of hydrazine groups is 1. The summed E-state index contributed by atoms with van der Waals surface area (Å²) in [6, 6.07) is 0. The number of aryl methyl sites for hydroxylation is 2. The normalized spacial score (nSPS) is 10.4. The average molecular weight is 248 g/mol. The maximum atomic E-state index is 5.48. The Hall–Kier alpha value is -2.15. The molecule has 0 atom stereocenters. The summed E-state index contributed by atoms with van der Waals surface area (Å²) in [5.74, 6) is 8.10. The fourth-order valence-corrected chi connectivity index (χ4v) is 1.55. The minimum Gasteiger partial charge on any atom is -0.444 e. The number of nitrogens with one attached hydrogen (secondary N) is 2. The first-order valence-electron chi connectivity index (χ1n) is 5.56. The summed E-state index contributed by atoms with van der Waals surface area (Å²) >= 11 is 0. The molecule has 2 aromatic rings. The Balaban J connectivity index is 2.10. The third kappa shape index (κ3) is 2.40. The van der Waals surface area contributed by atoms with Crippen LogP contribution in [0, 0.1) is 20.8 Å². The van der Waals surface area contributed by atoms with Gasteiger partial charge in [0.25, 0.3) is 0 Å². The maximum Gasteiger partial charge on any atom is 0.213 e. The van der Waals surface area contributed by atoms with Crippen molar-refractivity contribution in [1.29, 1.82) is 0 Å². The molecule has 0 aromatic carbocycles. The van der Waals surface area contributed by atoms with Crippen LogP contribution in [0.4, 0.5) is 11.6 Å². The molecule has 0 aliphatic heterocycles. The molecule has 18 heavy (non-hydrogen) atoms. The number of aromatic nitrogens is 3. The molecule has 0 unspecified atom stereocenters. The molecule has 0 radical (unpaired) electrons. The molecule has 0 aliphatic carbocycles. The second kappa shape index (κ2) is 5.01. The standard InChI is InChI=1S/C11H16N6O/c1-6-10(14-5-15-11(6)17-12)13-4-9-16-7(2)8(3)18-9/h5H,4,12H2,1-3H3,(H2,13,14,15,17). The molecule has 0 bridgehead atoms. The van der Waals surface area contributed by atoms with E-state index in [4.69, 9.17) is 10.3 Å². The van der Waals surface area contributed by atoms with Gasteiger partial charge in [-0.3, -0.25) is 0 Å². The van der Waals surface area contributed by atoms with Crippen LogP contribution < -0.4 is 16.6 Å². The molecule has 96 valence electrons. The van der Waals surface area contributed by atoms with Gasteiger partial charge in [0.05, 0.1) is 12.2 Å². The van der Waals surface area contributed by atoms with Gasteiger partial charge in [-0.25, -0.2) is 20.8 Å². The lowest BCUT2D eigenvalue weighted by molar-refractivity contribution is 0.478. The Labute approximate surface area is 105 Å². The molecular formula is C11H16N6O. The fourth-order valence-electron chi connectivity index (χ4n) is 1.55. The van der Waals surface area contributed by atoms with Crippen LogP contribution in [0.2, 0.25) is 0 Å². The van der Waals surface area contributed by atoms with Crippen LogP contribution in [0.25, 0.3) is 0 Å². The van der Waals surface area contributed by atoms with Gasteiger partial charge in [0.1, 0.15) is 23.7 Å². The Morgan fingerprint density at radius 2 is 1.94 bits per heavy atom. The smallest absolute Gasteiger partial charge is 0.213 e. The lowest BCUT2D eigenvalue weighted by Crippen LogP contribution is -2.12. The molecule has 0 fully saturated rings. The Morgan fingerprint density at radius 3 is 2.56 bits per heavy atom. The topological polar surface area (TPSA) is 102 Å². The van der Waals surface area contributed by atoms with Crippen molar-refractivity contribution in [2.45, 2.75) is 27.3 Å². The van der Waals surface area contributed by atoms with Crippen molar-refractivity contribution in [3.8, 4) is 0 Å². The first-order valence-corrected chi connectivity index (χ1v) is 5.56. The monoisotopic (exact) mass is 248 g/mol. The van der Waals surface area contributed by atoms with Crippen LogP contribution >= 0.6 is 0 Å². The van der Waals surface area contributed by atoms with Crippen LogP contribution in [-0.2, 0) is 6.54 Å². The highest BCUT2D eigenvalue weighted by Gasteiger charge is 2.08. The van der Waals surface area contributed by atoms with Gasteiger partial charge in [-0.05, 0) is 20.8 Å². The van der Waals surface area contributed by atoms with Gasteiger partial charge in [0.2, 0.25) is 5.89 Å². The van der Waals surface area contributed by atoms with Crippen molar-refractivity contribution in [3.63, 3.8) is 0 Å². The van der Waals surface area contributed by atoms with E-state index in [2.05, 4.69) is 25.7 Å². The van der Waals surface area contributed by atoms with E-state index in [-0.39, 0.29) is 0 Å². The highest BCUT2D eigenvalue weighted by atomic mass is 16.4. The maximum absolute atomic E-state index is 5.48. The first-order chi connectivity index (χ1) is 8.61. The lowest BCUT2D eigenvalue weighted by Gasteiger charge is -2.09. The number of nitrogens with two attached hydrogens (primary N) is 1. The largest absolute Gasteiger partial charge is 0.444 e. The van der Waals surface area contributed by atoms with Crippen molar-refractivity contribution < 1.29 is 4.42 Å². The van der Waals surface area contributed by atoms with Gasteiger partial charge in [-0.1, -0.05) is 0 Å². The third-order valence-corrected chi connectivity index (χ3v) is 2.70. The Kier molecular flexibility index (Phi) is 3.42. The molecule has 2 heterocycles. The average Bonchev–Trinajstić information content (AvgIpc) is 2.67. The molecule has 0 saturated carbocycles. The SMILES string of the molecule is Cc1nc(CNc2ncnc(NN)c2C)oc1C. The van der Waals surface area contributed by atoms with Crippen LogP contribution in [0.3, 0.4) is 0 Å². The van der Waals surface area contributed by atoms with E-state index >= 15 is 0 Å². The second-order valence-corrected chi connectivity index (χ2v) is 3.94. The molecule has 2 rings (SSSR count). The van der Waals surface area contributed by atoms with Crippen LogP contribution in [0.5, 0.6) is 0 Å². The summed E-state index contributed by atoms with van der Waals surface area (Å²) in [4.78, 5) is 12.4. The molecule has 4 N–H and O–H groups in total. The zero-order valence-electron chi connectivity index (χ0n) is 10.6. The number of nitrogen functional groups attached to an aromatic ring is 1. The first kappa shape index (κ1) is 12.3. The number of rotatable bonds is 4. The Morgan fingerprint density at radius 1 is 1.22 bits per heavy atom. The molecule has 2 aromatic heterocycles. The number of nitrogens with zero attached hydrogens (tertiary/aromatic N) is 3. The summed E-state index contributed by atoms with van der Waals surface area (Å²) in [7, 11) is 0. The predicted molar refractivity (Wildman–Crippen MR) is 67.9 cm³/mol. The van der Waals surface area contributed by atoms with Gasteiger partial charge in [-0.2, -0.15) is 0 Å².